The molecule has 2 atom stereocenters. The van der Waals surface area contributed by atoms with E-state index in [1.54, 1.807) is 12.1 Å². The number of hydrogen-bond donors (Lipinski definition) is 3. The molecule has 1 aromatic rings. The first kappa shape index (κ1) is 27.5. The smallest absolute Gasteiger partial charge is 0.239 e. The Morgan fingerprint density at radius 2 is 1.72 bits per heavy atom. The quantitative estimate of drug-likeness (QED) is 0.551. The molecule has 10 heteroatoms. The van der Waals surface area contributed by atoms with Crippen molar-refractivity contribution in [3.63, 3.8) is 0 Å². The topological polar surface area (TPSA) is 96.7 Å². The molecule has 29 heavy (non-hydrogen) atoms. The fourth-order valence-corrected chi connectivity index (χ4v) is 2.89. The van der Waals surface area contributed by atoms with E-state index in [2.05, 4.69) is 15.5 Å². The molecular formula is C19H31Cl2FN4O3. The number of nitrogens with zero attached hydrogens (tertiary/aromatic N) is 1. The van der Waals surface area contributed by atoms with Crippen LogP contribution in [0.5, 0.6) is 0 Å². The highest BCUT2D eigenvalue weighted by Crippen LogP contribution is 2.21. The number of carbonyl (C=O) groups excluding carboxylic acids is 2. The van der Waals surface area contributed by atoms with Gasteiger partial charge in [-0.25, -0.2) is 4.39 Å². The van der Waals surface area contributed by atoms with Crippen molar-refractivity contribution < 1.29 is 18.7 Å². The molecule has 0 saturated carbocycles. The number of nitrogens with two attached hydrogens (primary N) is 1. The molecule has 7 nitrogen and oxygen atoms in total. The number of ether oxygens (including phenoxy) is 1. The molecule has 0 aliphatic carbocycles. The standard InChI is InChI=1S/C19H29FN4O3.2ClH/c1-13(2)18(21)19(26)23-12-17(25)22-11-16(24-7-9-27-10-8-24)14-3-5-15(20)6-4-14;;/h3-6,13,16,18H,7-12,21H2,1-2H3,(H,22,25)(H,23,26);2*1H/t16?,18-;;/m0../s1. The van der Waals surface area contributed by atoms with E-state index in [1.165, 1.54) is 12.1 Å². The van der Waals surface area contributed by atoms with Crippen LogP contribution >= 0.6 is 24.8 Å². The monoisotopic (exact) mass is 452 g/mol. The third-order valence-corrected chi connectivity index (χ3v) is 4.68. The number of rotatable bonds is 8. The first-order valence-electron chi connectivity index (χ1n) is 9.25. The normalized spacial score (nSPS) is 16.2. The second-order valence-electron chi connectivity index (χ2n) is 7.01. The van der Waals surface area contributed by atoms with Gasteiger partial charge in [-0.05, 0) is 23.6 Å². The highest BCUT2D eigenvalue weighted by molar-refractivity contribution is 5.87. The third kappa shape index (κ3) is 8.84. The number of morpholine rings is 1. The van der Waals surface area contributed by atoms with Gasteiger partial charge < -0.3 is 21.1 Å². The van der Waals surface area contributed by atoms with E-state index in [-0.39, 0.29) is 61.0 Å². The lowest BCUT2D eigenvalue weighted by Crippen LogP contribution is -2.48. The van der Waals surface area contributed by atoms with Crippen LogP contribution in [-0.4, -0.2) is 62.1 Å². The summed E-state index contributed by atoms with van der Waals surface area (Å²) in [5.41, 5.74) is 6.68. The predicted molar refractivity (Wildman–Crippen MR) is 115 cm³/mol. The Balaban J connectivity index is 0.00000392. The number of halogens is 3. The first-order valence-corrected chi connectivity index (χ1v) is 9.25. The minimum Gasteiger partial charge on any atom is -0.379 e. The van der Waals surface area contributed by atoms with Gasteiger partial charge in [0.1, 0.15) is 5.82 Å². The zero-order valence-electron chi connectivity index (χ0n) is 16.7. The summed E-state index contributed by atoms with van der Waals surface area (Å²) in [6.45, 7) is 6.63. The van der Waals surface area contributed by atoms with Gasteiger partial charge >= 0.3 is 0 Å². The van der Waals surface area contributed by atoms with Crippen LogP contribution in [0.2, 0.25) is 0 Å². The summed E-state index contributed by atoms with van der Waals surface area (Å²) < 4.78 is 18.6. The van der Waals surface area contributed by atoms with Crippen molar-refractivity contribution in [1.29, 1.82) is 0 Å². The second kappa shape index (κ2) is 13.7. The number of amides is 2. The van der Waals surface area contributed by atoms with Gasteiger partial charge in [-0.1, -0.05) is 26.0 Å². The van der Waals surface area contributed by atoms with Crippen LogP contribution in [0, 0.1) is 11.7 Å². The Kier molecular flexibility index (Phi) is 13.0. The number of carbonyl (C=O) groups is 2. The Bertz CT molecular complexity index is 628. The second-order valence-corrected chi connectivity index (χ2v) is 7.01. The van der Waals surface area contributed by atoms with Gasteiger partial charge in [-0.15, -0.1) is 24.8 Å². The maximum absolute atomic E-state index is 13.3. The van der Waals surface area contributed by atoms with Gasteiger partial charge in [0.2, 0.25) is 11.8 Å². The van der Waals surface area contributed by atoms with Gasteiger partial charge in [-0.2, -0.15) is 0 Å². The van der Waals surface area contributed by atoms with E-state index in [0.29, 0.717) is 19.8 Å². The SMILES string of the molecule is CC(C)[C@H](N)C(=O)NCC(=O)NCC(c1ccc(F)cc1)N1CCOCC1.Cl.Cl. The molecule has 1 unspecified atom stereocenters. The van der Waals surface area contributed by atoms with Crippen molar-refractivity contribution in [1.82, 2.24) is 15.5 Å². The summed E-state index contributed by atoms with van der Waals surface area (Å²) in [5, 5.41) is 5.40. The van der Waals surface area contributed by atoms with Crippen LogP contribution in [0.25, 0.3) is 0 Å². The van der Waals surface area contributed by atoms with Crippen molar-refractivity contribution in [3.8, 4) is 0 Å². The summed E-state index contributed by atoms with van der Waals surface area (Å²) in [7, 11) is 0. The molecule has 0 bridgehead atoms. The first-order chi connectivity index (χ1) is 12.9. The minimum absolute atomic E-state index is 0. The van der Waals surface area contributed by atoms with E-state index in [0.717, 1.165) is 18.7 Å². The highest BCUT2D eigenvalue weighted by Gasteiger charge is 2.23. The van der Waals surface area contributed by atoms with Crippen molar-refractivity contribution in [3.05, 3.63) is 35.6 Å². The fraction of sp³-hybridized carbons (Fsp3) is 0.579. The van der Waals surface area contributed by atoms with Crippen molar-refractivity contribution in [2.24, 2.45) is 11.7 Å². The Morgan fingerprint density at radius 1 is 1.14 bits per heavy atom. The highest BCUT2D eigenvalue weighted by atomic mass is 35.5. The lowest BCUT2D eigenvalue weighted by Gasteiger charge is -2.35. The summed E-state index contributed by atoms with van der Waals surface area (Å²) in [6.07, 6.45) is 0. The van der Waals surface area contributed by atoms with Crippen LogP contribution < -0.4 is 16.4 Å². The van der Waals surface area contributed by atoms with Gasteiger partial charge in [0.15, 0.2) is 0 Å². The largest absolute Gasteiger partial charge is 0.379 e. The third-order valence-electron chi connectivity index (χ3n) is 4.68. The molecule has 2 amide bonds. The molecule has 166 valence electrons. The molecule has 0 radical (unpaired) electrons. The number of benzene rings is 1. The Labute approximate surface area is 183 Å². The molecule has 1 saturated heterocycles. The molecule has 0 aromatic heterocycles. The van der Waals surface area contributed by atoms with E-state index in [1.807, 2.05) is 13.8 Å². The molecular weight excluding hydrogens is 422 g/mol. The van der Waals surface area contributed by atoms with Gasteiger partial charge in [0.05, 0.1) is 31.8 Å². The number of nitrogens with one attached hydrogen (secondary N) is 2. The van der Waals surface area contributed by atoms with Crippen LogP contribution in [0.4, 0.5) is 4.39 Å². The molecule has 1 aliphatic rings. The van der Waals surface area contributed by atoms with Gasteiger partial charge in [-0.3, -0.25) is 14.5 Å². The molecule has 1 fully saturated rings. The maximum Gasteiger partial charge on any atom is 0.239 e. The fourth-order valence-electron chi connectivity index (χ4n) is 2.89. The van der Waals surface area contributed by atoms with Crippen molar-refractivity contribution in [2.75, 3.05) is 39.4 Å². The molecule has 1 heterocycles. The molecule has 1 aromatic carbocycles. The molecule has 0 spiro atoms. The molecule has 2 rings (SSSR count). The summed E-state index contributed by atoms with van der Waals surface area (Å²) in [4.78, 5) is 26.2. The summed E-state index contributed by atoms with van der Waals surface area (Å²) >= 11 is 0. The van der Waals surface area contributed by atoms with E-state index < -0.39 is 6.04 Å². The van der Waals surface area contributed by atoms with Gasteiger partial charge in [0.25, 0.3) is 0 Å². The zero-order chi connectivity index (χ0) is 19.8. The maximum atomic E-state index is 13.3. The average Bonchev–Trinajstić information content (AvgIpc) is 2.67. The van der Waals surface area contributed by atoms with Crippen LogP contribution in [0.3, 0.4) is 0 Å². The Hall–Kier alpha value is -1.45. The lowest BCUT2D eigenvalue weighted by atomic mass is 10.0. The number of hydrogen-bond acceptors (Lipinski definition) is 5. The lowest BCUT2D eigenvalue weighted by molar-refractivity contribution is -0.127. The summed E-state index contributed by atoms with van der Waals surface area (Å²) in [6, 6.07) is 5.55. The predicted octanol–water partition coefficient (Wildman–Crippen LogP) is 1.26. The van der Waals surface area contributed by atoms with Crippen molar-refractivity contribution >= 4 is 36.6 Å². The average molecular weight is 453 g/mol. The van der Waals surface area contributed by atoms with Crippen LogP contribution in [0.15, 0.2) is 24.3 Å². The van der Waals surface area contributed by atoms with E-state index in [9.17, 15) is 14.0 Å². The minimum atomic E-state index is -0.641. The zero-order valence-corrected chi connectivity index (χ0v) is 18.4. The van der Waals surface area contributed by atoms with E-state index in [4.69, 9.17) is 10.5 Å². The van der Waals surface area contributed by atoms with E-state index >= 15 is 0 Å². The van der Waals surface area contributed by atoms with Crippen LogP contribution in [0.1, 0.15) is 25.5 Å². The summed E-state index contributed by atoms with van der Waals surface area (Å²) in [5.74, 6) is -0.937. The van der Waals surface area contributed by atoms with Crippen molar-refractivity contribution in [2.45, 2.75) is 25.9 Å². The van der Waals surface area contributed by atoms with Gasteiger partial charge in [0, 0.05) is 19.6 Å². The Morgan fingerprint density at radius 3 is 2.28 bits per heavy atom. The molecule has 4 N–H and O–H groups in total. The molecule has 1 aliphatic heterocycles. The van der Waals surface area contributed by atoms with Crippen LogP contribution in [-0.2, 0) is 14.3 Å².